The Kier molecular flexibility index (Phi) is 4.28. The van der Waals surface area contributed by atoms with Crippen LogP contribution in [0.2, 0.25) is 0 Å². The van der Waals surface area contributed by atoms with Crippen LogP contribution in [0.25, 0.3) is 0 Å². The molecule has 16 heavy (non-hydrogen) atoms. The number of amides is 2. The molecule has 1 rings (SSSR count). The van der Waals surface area contributed by atoms with Gasteiger partial charge in [0.1, 0.15) is 5.82 Å². The maximum atomic E-state index is 13.1. The maximum Gasteiger partial charge on any atom is 0.319 e. The van der Waals surface area contributed by atoms with Crippen molar-refractivity contribution in [3.8, 4) is 6.07 Å². The molecule has 0 aromatic heterocycles. The van der Waals surface area contributed by atoms with Crippen molar-refractivity contribution in [2.75, 3.05) is 5.32 Å². The first-order valence-corrected chi connectivity index (χ1v) is 4.82. The number of hydrogen-bond acceptors (Lipinski definition) is 2. The van der Waals surface area contributed by atoms with Crippen molar-refractivity contribution in [3.05, 3.63) is 30.1 Å². The summed E-state index contributed by atoms with van der Waals surface area (Å²) in [4.78, 5) is 11.4. The quantitative estimate of drug-likeness (QED) is 0.822. The van der Waals surface area contributed by atoms with Crippen LogP contribution in [-0.2, 0) is 0 Å². The lowest BCUT2D eigenvalue weighted by Crippen LogP contribution is -2.36. The van der Waals surface area contributed by atoms with E-state index in [-0.39, 0.29) is 18.2 Å². The molecule has 0 heterocycles. The number of urea groups is 1. The third kappa shape index (κ3) is 3.58. The summed E-state index contributed by atoms with van der Waals surface area (Å²) < 4.78 is 13.1. The number of nitrogens with one attached hydrogen (secondary N) is 2. The number of rotatable bonds is 3. The highest BCUT2D eigenvalue weighted by atomic mass is 19.1. The monoisotopic (exact) mass is 221 g/mol. The van der Waals surface area contributed by atoms with E-state index in [1.807, 2.05) is 6.07 Å². The number of para-hydroxylation sites is 1. The van der Waals surface area contributed by atoms with Crippen LogP contribution in [0.4, 0.5) is 14.9 Å². The van der Waals surface area contributed by atoms with Crippen molar-refractivity contribution in [3.63, 3.8) is 0 Å². The molecule has 2 N–H and O–H groups in total. The summed E-state index contributed by atoms with van der Waals surface area (Å²) in [5.74, 6) is -0.495. The molecule has 1 atom stereocenters. The summed E-state index contributed by atoms with van der Waals surface area (Å²) in [5, 5.41) is 13.3. The Balaban J connectivity index is 2.53. The molecular formula is C11H12FN3O. The number of halogens is 1. The van der Waals surface area contributed by atoms with Gasteiger partial charge in [0, 0.05) is 6.04 Å². The molecule has 1 unspecified atom stereocenters. The zero-order valence-corrected chi connectivity index (χ0v) is 8.83. The summed E-state index contributed by atoms with van der Waals surface area (Å²) in [5.41, 5.74) is 0.115. The highest BCUT2D eigenvalue weighted by Crippen LogP contribution is 2.11. The molecule has 0 aliphatic heterocycles. The van der Waals surface area contributed by atoms with Gasteiger partial charge < -0.3 is 10.6 Å². The maximum absolute atomic E-state index is 13.1. The van der Waals surface area contributed by atoms with E-state index in [1.165, 1.54) is 18.2 Å². The average molecular weight is 221 g/mol. The van der Waals surface area contributed by atoms with Gasteiger partial charge in [0.15, 0.2) is 0 Å². The molecular weight excluding hydrogens is 209 g/mol. The van der Waals surface area contributed by atoms with Gasteiger partial charge in [0.25, 0.3) is 0 Å². The van der Waals surface area contributed by atoms with Gasteiger partial charge in [-0.3, -0.25) is 0 Å². The van der Waals surface area contributed by atoms with Gasteiger partial charge in [0.05, 0.1) is 18.2 Å². The summed E-state index contributed by atoms with van der Waals surface area (Å²) in [6.07, 6.45) is 0.213. The van der Waals surface area contributed by atoms with E-state index in [1.54, 1.807) is 13.0 Å². The van der Waals surface area contributed by atoms with E-state index in [0.717, 1.165) is 0 Å². The predicted octanol–water partition coefficient (Wildman–Crippen LogP) is 2.25. The summed E-state index contributed by atoms with van der Waals surface area (Å²) in [6.45, 7) is 1.70. The van der Waals surface area contributed by atoms with Gasteiger partial charge in [-0.05, 0) is 19.1 Å². The van der Waals surface area contributed by atoms with Crippen LogP contribution in [-0.4, -0.2) is 12.1 Å². The minimum absolute atomic E-state index is 0.115. The molecule has 0 spiro atoms. The van der Waals surface area contributed by atoms with Crippen LogP contribution in [0.15, 0.2) is 24.3 Å². The van der Waals surface area contributed by atoms with Crippen LogP contribution >= 0.6 is 0 Å². The average Bonchev–Trinajstić information content (AvgIpc) is 2.21. The first kappa shape index (κ1) is 12.0. The van der Waals surface area contributed by atoms with Crippen LogP contribution < -0.4 is 10.6 Å². The summed E-state index contributed by atoms with van der Waals surface area (Å²) >= 11 is 0. The largest absolute Gasteiger partial charge is 0.334 e. The molecule has 0 saturated carbocycles. The molecule has 0 fully saturated rings. The fourth-order valence-corrected chi connectivity index (χ4v) is 1.13. The molecule has 1 aromatic rings. The predicted molar refractivity (Wildman–Crippen MR) is 58.2 cm³/mol. The lowest BCUT2D eigenvalue weighted by atomic mass is 10.2. The Labute approximate surface area is 93.1 Å². The van der Waals surface area contributed by atoms with Gasteiger partial charge in [-0.2, -0.15) is 5.26 Å². The van der Waals surface area contributed by atoms with Crippen molar-refractivity contribution in [1.82, 2.24) is 5.32 Å². The Morgan fingerprint density at radius 3 is 2.88 bits per heavy atom. The lowest BCUT2D eigenvalue weighted by molar-refractivity contribution is 0.249. The number of nitriles is 1. The molecule has 5 heteroatoms. The first-order chi connectivity index (χ1) is 7.63. The molecule has 84 valence electrons. The van der Waals surface area contributed by atoms with Gasteiger partial charge in [0.2, 0.25) is 0 Å². The number of carbonyl (C=O) groups is 1. The fraction of sp³-hybridized carbons (Fsp3) is 0.273. The second kappa shape index (κ2) is 5.71. The minimum atomic E-state index is -0.521. The van der Waals surface area contributed by atoms with Crippen LogP contribution in [0.1, 0.15) is 13.3 Å². The van der Waals surface area contributed by atoms with E-state index < -0.39 is 11.8 Å². The zero-order valence-electron chi connectivity index (χ0n) is 8.83. The Morgan fingerprint density at radius 2 is 2.25 bits per heavy atom. The SMILES string of the molecule is CC(CC#N)NC(=O)Nc1ccccc1F. The Hall–Kier alpha value is -2.09. The fourth-order valence-electron chi connectivity index (χ4n) is 1.13. The van der Waals surface area contributed by atoms with Crippen LogP contribution in [0, 0.1) is 17.1 Å². The van der Waals surface area contributed by atoms with Gasteiger partial charge in [-0.15, -0.1) is 0 Å². The van der Waals surface area contributed by atoms with Gasteiger partial charge in [-0.1, -0.05) is 12.1 Å². The number of carbonyl (C=O) groups excluding carboxylic acids is 1. The number of benzene rings is 1. The molecule has 0 saturated heterocycles. The van der Waals surface area contributed by atoms with E-state index in [4.69, 9.17) is 5.26 Å². The topological polar surface area (TPSA) is 64.9 Å². The lowest BCUT2D eigenvalue weighted by Gasteiger charge is -2.11. The summed E-state index contributed by atoms with van der Waals surface area (Å²) in [6, 6.07) is 7.03. The molecule has 0 bridgehead atoms. The molecule has 0 aliphatic rings. The Bertz CT molecular complexity index is 414. The number of anilines is 1. The van der Waals surface area contributed by atoms with Gasteiger partial charge >= 0.3 is 6.03 Å². The second-order valence-electron chi connectivity index (χ2n) is 3.34. The normalized spacial score (nSPS) is 11.3. The van der Waals surface area contributed by atoms with Crippen molar-refractivity contribution in [2.24, 2.45) is 0 Å². The smallest absolute Gasteiger partial charge is 0.319 e. The minimum Gasteiger partial charge on any atom is -0.334 e. The highest BCUT2D eigenvalue weighted by Gasteiger charge is 2.08. The van der Waals surface area contributed by atoms with Crippen molar-refractivity contribution >= 4 is 11.7 Å². The zero-order chi connectivity index (χ0) is 12.0. The molecule has 2 amide bonds. The van der Waals surface area contributed by atoms with Crippen LogP contribution in [0.5, 0.6) is 0 Å². The highest BCUT2D eigenvalue weighted by molar-refractivity contribution is 5.89. The molecule has 0 radical (unpaired) electrons. The first-order valence-electron chi connectivity index (χ1n) is 4.82. The summed E-state index contributed by atoms with van der Waals surface area (Å²) in [7, 11) is 0. The molecule has 4 nitrogen and oxygen atoms in total. The van der Waals surface area contributed by atoms with Crippen molar-refractivity contribution in [2.45, 2.75) is 19.4 Å². The molecule has 0 aliphatic carbocycles. The van der Waals surface area contributed by atoms with Gasteiger partial charge in [-0.25, -0.2) is 9.18 Å². The number of hydrogen-bond donors (Lipinski definition) is 2. The van der Waals surface area contributed by atoms with Crippen LogP contribution in [0.3, 0.4) is 0 Å². The number of nitrogens with zero attached hydrogens (tertiary/aromatic N) is 1. The van der Waals surface area contributed by atoms with Crippen molar-refractivity contribution < 1.29 is 9.18 Å². The van der Waals surface area contributed by atoms with Crippen molar-refractivity contribution in [1.29, 1.82) is 5.26 Å². The van der Waals surface area contributed by atoms with E-state index >= 15 is 0 Å². The molecule has 1 aromatic carbocycles. The van der Waals surface area contributed by atoms with E-state index in [9.17, 15) is 9.18 Å². The Morgan fingerprint density at radius 1 is 1.56 bits per heavy atom. The standard InChI is InChI=1S/C11H12FN3O/c1-8(6-7-13)14-11(16)15-10-5-3-2-4-9(10)12/h2-5,8H,6H2,1H3,(H2,14,15,16). The third-order valence-corrected chi connectivity index (χ3v) is 1.90. The van der Waals surface area contributed by atoms with E-state index in [2.05, 4.69) is 10.6 Å². The third-order valence-electron chi connectivity index (χ3n) is 1.90. The van der Waals surface area contributed by atoms with E-state index in [0.29, 0.717) is 0 Å². The second-order valence-corrected chi connectivity index (χ2v) is 3.34.